The normalized spacial score (nSPS) is 9.53. The zero-order chi connectivity index (χ0) is 14.4. The Kier molecular flexibility index (Phi) is 5.15. The molecule has 100 valence electrons. The van der Waals surface area contributed by atoms with E-state index in [0.717, 1.165) is 11.0 Å². The Morgan fingerprint density at radius 1 is 1.53 bits per heavy atom. The third-order valence-corrected chi connectivity index (χ3v) is 2.30. The van der Waals surface area contributed by atoms with Crippen LogP contribution in [0.2, 0.25) is 5.02 Å². The fourth-order valence-corrected chi connectivity index (χ4v) is 1.42. The summed E-state index contributed by atoms with van der Waals surface area (Å²) in [5.41, 5.74) is -0.109. The van der Waals surface area contributed by atoms with Gasteiger partial charge >= 0.3 is 12.0 Å². The molecule has 0 fully saturated rings. The van der Waals surface area contributed by atoms with E-state index in [1.165, 1.54) is 12.1 Å². The van der Waals surface area contributed by atoms with Crippen LogP contribution < -0.4 is 5.32 Å². The predicted octanol–water partition coefficient (Wildman–Crippen LogP) is 2.03. The van der Waals surface area contributed by atoms with Gasteiger partial charge in [-0.2, -0.15) is 0 Å². The number of halogens is 2. The number of nitrogens with zero attached hydrogens (tertiary/aromatic N) is 1. The molecule has 0 saturated carbocycles. The van der Waals surface area contributed by atoms with Crippen molar-refractivity contribution in [3.8, 4) is 12.3 Å². The van der Waals surface area contributed by atoms with Gasteiger partial charge < -0.3 is 15.3 Å². The number of terminal acetylenes is 1. The van der Waals surface area contributed by atoms with E-state index in [2.05, 4.69) is 11.2 Å². The lowest BCUT2D eigenvalue weighted by molar-refractivity contribution is -0.137. The summed E-state index contributed by atoms with van der Waals surface area (Å²) in [6, 6.07) is 2.88. The quantitative estimate of drug-likeness (QED) is 0.831. The Morgan fingerprint density at radius 3 is 2.74 bits per heavy atom. The molecule has 0 aliphatic heterocycles. The summed E-state index contributed by atoms with van der Waals surface area (Å²) < 4.78 is 13.4. The molecular formula is C12H10ClFN2O3. The summed E-state index contributed by atoms with van der Waals surface area (Å²) in [5.74, 6) is 0.205. The number of carboxylic acid groups (broad SMARTS) is 1. The topological polar surface area (TPSA) is 69.6 Å². The Balaban J connectivity index is 2.81. The standard InChI is InChI=1S/C12H10ClFN2O3/c1-2-5-16(7-11(17)18)12(19)15-10-4-3-8(13)6-9(10)14/h1,3-4,6H,5,7H2,(H,15,19)(H,17,18). The molecule has 1 aromatic carbocycles. The van der Waals surface area contributed by atoms with E-state index < -0.39 is 24.4 Å². The highest BCUT2D eigenvalue weighted by Gasteiger charge is 2.17. The molecule has 0 heterocycles. The first-order valence-corrected chi connectivity index (χ1v) is 5.48. The highest BCUT2D eigenvalue weighted by molar-refractivity contribution is 6.30. The van der Waals surface area contributed by atoms with Crippen LogP contribution in [0.15, 0.2) is 18.2 Å². The first-order chi connectivity index (χ1) is 8.93. The number of benzene rings is 1. The van der Waals surface area contributed by atoms with Crippen LogP contribution in [0.3, 0.4) is 0 Å². The van der Waals surface area contributed by atoms with E-state index in [4.69, 9.17) is 23.1 Å². The van der Waals surface area contributed by atoms with Crippen molar-refractivity contribution in [2.75, 3.05) is 18.4 Å². The van der Waals surface area contributed by atoms with Crippen molar-refractivity contribution in [2.24, 2.45) is 0 Å². The lowest BCUT2D eigenvalue weighted by Gasteiger charge is -2.18. The Hall–Kier alpha value is -2.26. The molecule has 7 heteroatoms. The number of carbonyl (C=O) groups is 2. The van der Waals surface area contributed by atoms with Gasteiger partial charge in [-0.25, -0.2) is 9.18 Å². The molecule has 0 aromatic heterocycles. The minimum Gasteiger partial charge on any atom is -0.480 e. The van der Waals surface area contributed by atoms with Crippen LogP contribution in [-0.2, 0) is 4.79 Å². The minimum atomic E-state index is -1.22. The van der Waals surface area contributed by atoms with Crippen molar-refractivity contribution in [3.63, 3.8) is 0 Å². The number of anilines is 1. The lowest BCUT2D eigenvalue weighted by Crippen LogP contribution is -2.39. The van der Waals surface area contributed by atoms with Gasteiger partial charge in [-0.05, 0) is 18.2 Å². The zero-order valence-corrected chi connectivity index (χ0v) is 10.4. The van der Waals surface area contributed by atoms with Crippen LogP contribution in [0.4, 0.5) is 14.9 Å². The highest BCUT2D eigenvalue weighted by Crippen LogP contribution is 2.19. The summed E-state index contributed by atoms with van der Waals surface area (Å²) in [4.78, 5) is 23.2. The van der Waals surface area contributed by atoms with E-state index in [0.29, 0.717) is 0 Å². The first-order valence-electron chi connectivity index (χ1n) is 5.10. The van der Waals surface area contributed by atoms with Crippen molar-refractivity contribution in [1.29, 1.82) is 0 Å². The maximum Gasteiger partial charge on any atom is 0.323 e. The SMILES string of the molecule is C#CCN(CC(=O)O)C(=O)Nc1ccc(Cl)cc1F. The van der Waals surface area contributed by atoms with Crippen LogP contribution >= 0.6 is 11.6 Å². The predicted molar refractivity (Wildman–Crippen MR) is 68.5 cm³/mol. The summed E-state index contributed by atoms with van der Waals surface area (Å²) in [7, 11) is 0. The van der Waals surface area contributed by atoms with E-state index >= 15 is 0 Å². The second-order valence-electron chi connectivity index (χ2n) is 3.51. The average molecular weight is 285 g/mol. The molecule has 0 unspecified atom stereocenters. The first kappa shape index (κ1) is 14.8. The molecule has 19 heavy (non-hydrogen) atoms. The fraction of sp³-hybridized carbons (Fsp3) is 0.167. The van der Waals surface area contributed by atoms with E-state index in [9.17, 15) is 14.0 Å². The summed E-state index contributed by atoms with van der Waals surface area (Å²) in [5, 5.41) is 11.0. The second-order valence-corrected chi connectivity index (χ2v) is 3.94. The van der Waals surface area contributed by atoms with Gasteiger partial charge in [0.25, 0.3) is 0 Å². The largest absolute Gasteiger partial charge is 0.480 e. The highest BCUT2D eigenvalue weighted by atomic mass is 35.5. The van der Waals surface area contributed by atoms with Gasteiger partial charge in [-0.15, -0.1) is 6.42 Å². The monoisotopic (exact) mass is 284 g/mol. The number of carbonyl (C=O) groups excluding carboxylic acids is 1. The Bertz CT molecular complexity index is 542. The molecule has 1 rings (SSSR count). The third kappa shape index (κ3) is 4.48. The number of aliphatic carboxylic acids is 1. The summed E-state index contributed by atoms with van der Waals surface area (Å²) in [6.07, 6.45) is 5.03. The van der Waals surface area contributed by atoms with Gasteiger partial charge in [0.2, 0.25) is 0 Å². The van der Waals surface area contributed by atoms with E-state index in [1.807, 2.05) is 0 Å². The molecule has 0 spiro atoms. The molecule has 0 atom stereocenters. The van der Waals surface area contributed by atoms with Gasteiger partial charge in [-0.3, -0.25) is 4.79 Å². The molecule has 1 aromatic rings. The summed E-state index contributed by atoms with van der Waals surface area (Å²) in [6.45, 7) is -0.779. The third-order valence-electron chi connectivity index (χ3n) is 2.07. The van der Waals surface area contributed by atoms with E-state index in [1.54, 1.807) is 0 Å². The van der Waals surface area contributed by atoms with E-state index in [-0.39, 0.29) is 17.3 Å². The van der Waals surface area contributed by atoms with Gasteiger partial charge in [-0.1, -0.05) is 17.5 Å². The number of urea groups is 1. The smallest absolute Gasteiger partial charge is 0.323 e. The Morgan fingerprint density at radius 2 is 2.21 bits per heavy atom. The average Bonchev–Trinajstić information content (AvgIpc) is 2.31. The van der Waals surface area contributed by atoms with Gasteiger partial charge in [0.15, 0.2) is 0 Å². The summed E-state index contributed by atoms with van der Waals surface area (Å²) >= 11 is 5.57. The number of amides is 2. The van der Waals surface area contributed by atoms with Crippen LogP contribution in [0, 0.1) is 18.2 Å². The van der Waals surface area contributed by atoms with Crippen LogP contribution in [0.5, 0.6) is 0 Å². The van der Waals surface area contributed by atoms with Crippen molar-refractivity contribution in [3.05, 3.63) is 29.0 Å². The molecule has 0 aliphatic carbocycles. The maximum absolute atomic E-state index is 13.4. The number of nitrogens with one attached hydrogen (secondary N) is 1. The van der Waals surface area contributed by atoms with Gasteiger partial charge in [0.05, 0.1) is 12.2 Å². The molecule has 0 bridgehead atoms. The number of hydrogen-bond acceptors (Lipinski definition) is 2. The van der Waals surface area contributed by atoms with Crippen molar-refractivity contribution >= 4 is 29.3 Å². The lowest BCUT2D eigenvalue weighted by atomic mass is 10.3. The van der Waals surface area contributed by atoms with Crippen LogP contribution in [-0.4, -0.2) is 35.1 Å². The van der Waals surface area contributed by atoms with Crippen LogP contribution in [0.1, 0.15) is 0 Å². The molecule has 0 aliphatic rings. The molecule has 0 radical (unpaired) electrons. The second kappa shape index (κ2) is 6.61. The fourth-order valence-electron chi connectivity index (χ4n) is 1.26. The van der Waals surface area contributed by atoms with Gasteiger partial charge in [0.1, 0.15) is 12.4 Å². The number of hydrogen-bond donors (Lipinski definition) is 2. The minimum absolute atomic E-state index is 0.109. The molecule has 0 saturated heterocycles. The zero-order valence-electron chi connectivity index (χ0n) is 9.69. The molecule has 5 nitrogen and oxygen atoms in total. The van der Waals surface area contributed by atoms with Crippen molar-refractivity contribution in [2.45, 2.75) is 0 Å². The maximum atomic E-state index is 13.4. The van der Waals surface area contributed by atoms with Crippen molar-refractivity contribution in [1.82, 2.24) is 4.90 Å². The Labute approximate surface area is 114 Å². The number of rotatable bonds is 4. The number of carboxylic acids is 1. The van der Waals surface area contributed by atoms with Crippen LogP contribution in [0.25, 0.3) is 0 Å². The van der Waals surface area contributed by atoms with Crippen molar-refractivity contribution < 1.29 is 19.1 Å². The molecule has 2 amide bonds. The molecular weight excluding hydrogens is 275 g/mol. The molecule has 2 N–H and O–H groups in total. The van der Waals surface area contributed by atoms with Gasteiger partial charge in [0, 0.05) is 5.02 Å².